The molecule has 1 heterocycles. The van der Waals surface area contributed by atoms with Gasteiger partial charge in [-0.05, 0) is 24.1 Å². The minimum absolute atomic E-state index is 0.0745. The fraction of sp³-hybridized carbons (Fsp3) is 0.278. The third-order valence-corrected chi connectivity index (χ3v) is 3.74. The van der Waals surface area contributed by atoms with Crippen LogP contribution in [-0.2, 0) is 9.53 Å². The molecule has 1 aliphatic rings. The van der Waals surface area contributed by atoms with Crippen molar-refractivity contribution in [1.82, 2.24) is 5.32 Å². The molecule has 2 aromatic rings. The molecule has 0 radical (unpaired) electrons. The minimum Gasteiger partial charge on any atom is -0.483 e. The maximum absolute atomic E-state index is 11.3. The van der Waals surface area contributed by atoms with Crippen LogP contribution in [0, 0.1) is 6.92 Å². The number of para-hydroxylation sites is 1. The van der Waals surface area contributed by atoms with E-state index in [-0.39, 0.29) is 24.7 Å². The summed E-state index contributed by atoms with van der Waals surface area (Å²) in [6, 6.07) is 17.9. The molecule has 3 rings (SSSR count). The molecule has 0 spiro atoms. The van der Waals surface area contributed by atoms with Gasteiger partial charge in [-0.3, -0.25) is 4.79 Å². The van der Waals surface area contributed by atoms with Crippen molar-refractivity contribution in [3.8, 4) is 5.75 Å². The Balaban J connectivity index is 1.86. The maximum atomic E-state index is 11.3. The molecule has 1 fully saturated rings. The first-order valence-corrected chi connectivity index (χ1v) is 7.39. The second kappa shape index (κ2) is 6.62. The van der Waals surface area contributed by atoms with Crippen molar-refractivity contribution >= 4 is 5.91 Å². The Hall–Kier alpha value is -2.33. The number of rotatable bonds is 4. The van der Waals surface area contributed by atoms with Crippen LogP contribution in [0.4, 0.5) is 0 Å². The van der Waals surface area contributed by atoms with Gasteiger partial charge in [-0.15, -0.1) is 0 Å². The van der Waals surface area contributed by atoms with E-state index >= 15 is 0 Å². The summed E-state index contributed by atoms with van der Waals surface area (Å²) in [6.45, 7) is 2.54. The molecule has 1 saturated heterocycles. The van der Waals surface area contributed by atoms with Crippen molar-refractivity contribution in [2.45, 2.75) is 19.1 Å². The highest BCUT2D eigenvalue weighted by atomic mass is 16.5. The zero-order chi connectivity index (χ0) is 15.4. The van der Waals surface area contributed by atoms with E-state index in [0.717, 1.165) is 16.9 Å². The summed E-state index contributed by atoms with van der Waals surface area (Å²) in [6.07, 6.45) is -0.470. The molecule has 0 unspecified atom stereocenters. The van der Waals surface area contributed by atoms with Crippen LogP contribution in [0.2, 0.25) is 0 Å². The first-order valence-electron chi connectivity index (χ1n) is 7.39. The number of amides is 1. The molecule has 22 heavy (non-hydrogen) atoms. The average Bonchev–Trinajstić information content (AvgIpc) is 2.56. The van der Waals surface area contributed by atoms with Crippen molar-refractivity contribution in [3.05, 3.63) is 65.7 Å². The number of hydrogen-bond acceptors (Lipinski definition) is 3. The van der Waals surface area contributed by atoms with E-state index in [1.54, 1.807) is 0 Å². The van der Waals surface area contributed by atoms with Gasteiger partial charge in [0.05, 0.1) is 0 Å². The Labute approximate surface area is 130 Å². The second-order valence-corrected chi connectivity index (χ2v) is 5.37. The van der Waals surface area contributed by atoms with Crippen LogP contribution in [0.3, 0.4) is 0 Å². The summed E-state index contributed by atoms with van der Waals surface area (Å²) < 4.78 is 11.9. The quantitative estimate of drug-likeness (QED) is 0.943. The predicted molar refractivity (Wildman–Crippen MR) is 83.7 cm³/mol. The van der Waals surface area contributed by atoms with Crippen LogP contribution in [0.5, 0.6) is 5.75 Å². The fourth-order valence-corrected chi connectivity index (χ4v) is 2.53. The van der Waals surface area contributed by atoms with Gasteiger partial charge in [-0.25, -0.2) is 0 Å². The number of carbonyl (C=O) groups excluding carboxylic acids is 1. The largest absolute Gasteiger partial charge is 0.483 e. The van der Waals surface area contributed by atoms with Gasteiger partial charge in [-0.2, -0.15) is 0 Å². The van der Waals surface area contributed by atoms with E-state index in [4.69, 9.17) is 9.47 Å². The monoisotopic (exact) mass is 297 g/mol. The molecule has 0 saturated carbocycles. The molecular formula is C18H19NO3. The number of hydrogen-bond donors (Lipinski definition) is 1. The smallest absolute Gasteiger partial charge is 0.246 e. The number of aryl methyl sites for hydroxylation is 1. The van der Waals surface area contributed by atoms with E-state index in [1.807, 2.05) is 61.5 Å². The Bertz CT molecular complexity index is 632. The molecule has 2 atom stereocenters. The van der Waals surface area contributed by atoms with Gasteiger partial charge in [0.2, 0.25) is 5.91 Å². The Morgan fingerprint density at radius 2 is 1.86 bits per heavy atom. The lowest BCUT2D eigenvalue weighted by molar-refractivity contribution is -0.137. The fourth-order valence-electron chi connectivity index (χ4n) is 2.53. The lowest BCUT2D eigenvalue weighted by Gasteiger charge is -2.31. The minimum atomic E-state index is -0.261. The van der Waals surface area contributed by atoms with E-state index in [0.29, 0.717) is 6.54 Å². The molecular weight excluding hydrogens is 278 g/mol. The van der Waals surface area contributed by atoms with Crippen molar-refractivity contribution in [2.24, 2.45) is 0 Å². The van der Waals surface area contributed by atoms with Crippen molar-refractivity contribution in [3.63, 3.8) is 0 Å². The van der Waals surface area contributed by atoms with E-state index in [2.05, 4.69) is 5.32 Å². The Morgan fingerprint density at radius 3 is 2.55 bits per heavy atom. The topological polar surface area (TPSA) is 47.6 Å². The van der Waals surface area contributed by atoms with Crippen molar-refractivity contribution < 1.29 is 14.3 Å². The van der Waals surface area contributed by atoms with Gasteiger partial charge in [0.1, 0.15) is 18.5 Å². The van der Waals surface area contributed by atoms with Crippen LogP contribution < -0.4 is 10.1 Å². The predicted octanol–water partition coefficient (Wildman–Crippen LogP) is 2.63. The number of nitrogens with one attached hydrogen (secondary N) is 1. The van der Waals surface area contributed by atoms with E-state index in [1.165, 1.54) is 0 Å². The Kier molecular flexibility index (Phi) is 4.39. The number of carbonyl (C=O) groups is 1. The van der Waals surface area contributed by atoms with Gasteiger partial charge in [0.15, 0.2) is 6.10 Å². The number of benzene rings is 2. The molecule has 1 amide bonds. The second-order valence-electron chi connectivity index (χ2n) is 5.37. The average molecular weight is 297 g/mol. The third-order valence-electron chi connectivity index (χ3n) is 3.74. The summed E-state index contributed by atoms with van der Waals surface area (Å²) in [5.41, 5.74) is 2.11. The van der Waals surface area contributed by atoms with Gasteiger partial charge in [-0.1, -0.05) is 48.5 Å². The standard InChI is InChI=1S/C18H19NO3/c1-13-7-5-6-10-15(13)22-18(14-8-3-2-4-9-14)16-11-19-17(20)12-21-16/h2-10,16,18H,11-12H2,1H3,(H,19,20)/t16-,18-/m1/s1. The van der Waals surface area contributed by atoms with Crippen LogP contribution in [0.1, 0.15) is 17.2 Å². The first kappa shape index (κ1) is 14.6. The summed E-state index contributed by atoms with van der Waals surface area (Å²) in [7, 11) is 0. The molecule has 2 aromatic carbocycles. The maximum Gasteiger partial charge on any atom is 0.246 e. The Morgan fingerprint density at radius 1 is 1.14 bits per heavy atom. The van der Waals surface area contributed by atoms with E-state index < -0.39 is 0 Å². The molecule has 4 heteroatoms. The molecule has 1 aliphatic heterocycles. The molecule has 0 bridgehead atoms. The van der Waals surface area contributed by atoms with E-state index in [9.17, 15) is 4.79 Å². The number of ether oxygens (including phenoxy) is 2. The first-order chi connectivity index (χ1) is 10.7. The SMILES string of the molecule is Cc1ccccc1O[C@H](c1ccccc1)[C@H]1CNC(=O)CO1. The highest BCUT2D eigenvalue weighted by molar-refractivity contribution is 5.77. The summed E-state index contributed by atoms with van der Waals surface area (Å²) in [5, 5.41) is 2.84. The lowest BCUT2D eigenvalue weighted by Crippen LogP contribution is -2.46. The summed E-state index contributed by atoms with van der Waals surface area (Å²) >= 11 is 0. The lowest BCUT2D eigenvalue weighted by atomic mass is 10.0. The van der Waals surface area contributed by atoms with Crippen LogP contribution in [0.15, 0.2) is 54.6 Å². The summed E-state index contributed by atoms with van der Waals surface area (Å²) in [5.74, 6) is 0.746. The third kappa shape index (κ3) is 3.28. The molecule has 4 nitrogen and oxygen atoms in total. The highest BCUT2D eigenvalue weighted by Gasteiger charge is 2.30. The summed E-state index contributed by atoms with van der Waals surface area (Å²) in [4.78, 5) is 11.3. The molecule has 114 valence electrons. The van der Waals surface area contributed by atoms with Crippen LogP contribution in [-0.4, -0.2) is 25.2 Å². The zero-order valence-electron chi connectivity index (χ0n) is 12.5. The van der Waals surface area contributed by atoms with Crippen molar-refractivity contribution in [1.29, 1.82) is 0 Å². The zero-order valence-corrected chi connectivity index (χ0v) is 12.5. The molecule has 0 aromatic heterocycles. The highest BCUT2D eigenvalue weighted by Crippen LogP contribution is 2.29. The normalized spacial score (nSPS) is 19.3. The van der Waals surface area contributed by atoms with Crippen molar-refractivity contribution in [2.75, 3.05) is 13.2 Å². The number of morpholine rings is 1. The van der Waals surface area contributed by atoms with Gasteiger partial charge in [0.25, 0.3) is 0 Å². The van der Waals surface area contributed by atoms with Gasteiger partial charge < -0.3 is 14.8 Å². The van der Waals surface area contributed by atoms with Gasteiger partial charge in [0, 0.05) is 6.54 Å². The molecule has 1 N–H and O–H groups in total. The molecule has 0 aliphatic carbocycles. The van der Waals surface area contributed by atoms with Gasteiger partial charge >= 0.3 is 0 Å². The van der Waals surface area contributed by atoms with Crippen LogP contribution in [0.25, 0.3) is 0 Å². The van der Waals surface area contributed by atoms with Crippen LogP contribution >= 0.6 is 0 Å².